The quantitative estimate of drug-likeness (QED) is 0.266. The Balaban J connectivity index is 0.00000280. The van der Waals surface area contributed by atoms with Crippen molar-refractivity contribution in [2.75, 3.05) is 23.3 Å². The monoisotopic (exact) mass is 523 g/mol. The molecule has 2 aromatic carbocycles. The maximum atomic E-state index is 12.8. The van der Waals surface area contributed by atoms with Crippen LogP contribution in [0.4, 0.5) is 17.6 Å². The summed E-state index contributed by atoms with van der Waals surface area (Å²) in [5.74, 6) is 1.14. The first kappa shape index (κ1) is 25.5. The molecule has 1 unspecified atom stereocenters. The van der Waals surface area contributed by atoms with Crippen molar-refractivity contribution >= 4 is 35.8 Å². The van der Waals surface area contributed by atoms with Gasteiger partial charge in [-0.25, -0.2) is 0 Å². The summed E-state index contributed by atoms with van der Waals surface area (Å²) in [5, 5.41) is 23.5. The van der Waals surface area contributed by atoms with Gasteiger partial charge < -0.3 is 31.9 Å². The standard InChI is InChI=1S/C26H29N7O3.ClH/c27-14-9-15(28)12-33(11-14)26-31-24(13-7-21(34)22(35)8-13)30-25(32-26)29-16-5-6-19-20(10-16)17-3-1-2-4-18(17)23(19)36;/h1-6,10,13-15,21-22,34-35H,7-9,11-12,27-28H2,(H,29,30,31,32);1H/t13?,14-,15+,21-,22+;. The van der Waals surface area contributed by atoms with E-state index in [9.17, 15) is 15.0 Å². The van der Waals surface area contributed by atoms with E-state index in [1.54, 1.807) is 0 Å². The Morgan fingerprint density at radius 3 is 2.19 bits per heavy atom. The lowest BCUT2D eigenvalue weighted by molar-refractivity contribution is 0.0438. The molecule has 1 saturated carbocycles. The van der Waals surface area contributed by atoms with Crippen LogP contribution in [0, 0.1) is 0 Å². The summed E-state index contributed by atoms with van der Waals surface area (Å²) in [6.07, 6.45) is -0.132. The maximum Gasteiger partial charge on any atom is 0.232 e. The van der Waals surface area contributed by atoms with Crippen molar-refractivity contribution in [2.24, 2.45) is 11.5 Å². The highest BCUT2D eigenvalue weighted by Gasteiger charge is 2.35. The van der Waals surface area contributed by atoms with Gasteiger partial charge in [-0.1, -0.05) is 24.3 Å². The Bertz CT molecular complexity index is 1320. The Morgan fingerprint density at radius 2 is 1.49 bits per heavy atom. The van der Waals surface area contributed by atoms with E-state index in [4.69, 9.17) is 16.5 Å². The molecule has 3 aliphatic rings. The van der Waals surface area contributed by atoms with E-state index in [1.165, 1.54) is 0 Å². The van der Waals surface area contributed by atoms with Crippen molar-refractivity contribution in [3.63, 3.8) is 0 Å². The van der Waals surface area contributed by atoms with E-state index in [2.05, 4.69) is 15.3 Å². The van der Waals surface area contributed by atoms with E-state index in [0.29, 0.717) is 54.8 Å². The van der Waals surface area contributed by atoms with Gasteiger partial charge in [0.2, 0.25) is 11.9 Å². The number of rotatable bonds is 4. The van der Waals surface area contributed by atoms with Gasteiger partial charge in [0.25, 0.3) is 0 Å². The van der Waals surface area contributed by atoms with Crippen LogP contribution in [0.3, 0.4) is 0 Å². The third-order valence-electron chi connectivity index (χ3n) is 7.28. The number of hydrogen-bond acceptors (Lipinski definition) is 10. The molecule has 0 bridgehead atoms. The molecule has 10 nitrogen and oxygen atoms in total. The van der Waals surface area contributed by atoms with Crippen molar-refractivity contribution in [3.05, 3.63) is 59.4 Å². The summed E-state index contributed by atoms with van der Waals surface area (Å²) in [7, 11) is 0. The van der Waals surface area contributed by atoms with Crippen molar-refractivity contribution in [2.45, 2.75) is 49.5 Å². The number of piperidine rings is 1. The summed E-state index contributed by atoms with van der Waals surface area (Å²) >= 11 is 0. The number of anilines is 3. The number of ketones is 1. The van der Waals surface area contributed by atoms with Crippen LogP contribution in [0.2, 0.25) is 0 Å². The number of carbonyl (C=O) groups is 1. The van der Waals surface area contributed by atoms with Gasteiger partial charge in [0.05, 0.1) is 12.2 Å². The SMILES string of the molecule is Cl.N[C@@H]1C[C@H](N)CN(c2nc(Nc3ccc4c(c3)-c3ccccc3C4=O)nc(C3C[C@@H](O)[C@@H](O)C3)n2)C1. The third-order valence-corrected chi connectivity index (χ3v) is 7.28. The topological polar surface area (TPSA) is 164 Å². The highest BCUT2D eigenvalue weighted by Crippen LogP contribution is 2.39. The summed E-state index contributed by atoms with van der Waals surface area (Å²) in [5.41, 5.74) is 16.3. The molecule has 2 aliphatic carbocycles. The number of aliphatic hydroxyl groups excluding tert-OH is 2. The molecule has 0 spiro atoms. The summed E-state index contributed by atoms with van der Waals surface area (Å²) in [4.78, 5) is 28.8. The van der Waals surface area contributed by atoms with Crippen molar-refractivity contribution in [1.29, 1.82) is 0 Å². The molecule has 0 radical (unpaired) electrons. The number of hydrogen-bond donors (Lipinski definition) is 5. The van der Waals surface area contributed by atoms with Gasteiger partial charge >= 0.3 is 0 Å². The van der Waals surface area contributed by atoms with Gasteiger partial charge in [0.15, 0.2) is 5.78 Å². The van der Waals surface area contributed by atoms with Crippen LogP contribution in [-0.2, 0) is 0 Å². The number of nitrogens with one attached hydrogen (secondary N) is 1. The Hall–Kier alpha value is -3.15. The number of aromatic nitrogens is 3. The lowest BCUT2D eigenvalue weighted by atomic mass is 10.0. The van der Waals surface area contributed by atoms with Crippen molar-refractivity contribution in [1.82, 2.24) is 15.0 Å². The fourth-order valence-corrected chi connectivity index (χ4v) is 5.54. The maximum absolute atomic E-state index is 12.8. The molecule has 37 heavy (non-hydrogen) atoms. The van der Waals surface area contributed by atoms with E-state index in [1.807, 2.05) is 47.4 Å². The molecule has 5 atom stereocenters. The second-order valence-corrected chi connectivity index (χ2v) is 10.0. The Labute approximate surface area is 220 Å². The van der Waals surface area contributed by atoms with Gasteiger partial charge in [0.1, 0.15) is 5.82 Å². The number of fused-ring (bicyclic) bond motifs is 3. The Kier molecular flexibility index (Phi) is 6.86. The first-order valence-electron chi connectivity index (χ1n) is 12.3. The average molecular weight is 524 g/mol. The smallest absolute Gasteiger partial charge is 0.232 e. The van der Waals surface area contributed by atoms with Crippen LogP contribution in [0.15, 0.2) is 42.5 Å². The molecule has 1 aromatic heterocycles. The number of halogens is 1. The summed E-state index contributed by atoms with van der Waals surface area (Å²) in [6, 6.07) is 13.0. The van der Waals surface area contributed by atoms with Crippen LogP contribution in [0.5, 0.6) is 0 Å². The molecular weight excluding hydrogens is 494 g/mol. The first-order chi connectivity index (χ1) is 17.4. The van der Waals surface area contributed by atoms with Crippen molar-refractivity contribution in [3.8, 4) is 11.1 Å². The summed E-state index contributed by atoms with van der Waals surface area (Å²) in [6.45, 7) is 1.15. The number of aliphatic hydroxyl groups is 2. The zero-order chi connectivity index (χ0) is 25.0. The molecule has 2 heterocycles. The first-order valence-corrected chi connectivity index (χ1v) is 12.3. The van der Waals surface area contributed by atoms with E-state index in [0.717, 1.165) is 23.2 Å². The van der Waals surface area contributed by atoms with Crippen LogP contribution in [0.25, 0.3) is 11.1 Å². The fourth-order valence-electron chi connectivity index (χ4n) is 5.54. The van der Waals surface area contributed by atoms with Crippen LogP contribution >= 0.6 is 12.4 Å². The van der Waals surface area contributed by atoms with Gasteiger partial charge in [0, 0.05) is 47.9 Å². The minimum Gasteiger partial charge on any atom is -0.390 e. The number of carbonyl (C=O) groups excluding carboxylic acids is 1. The molecule has 3 aromatic rings. The predicted molar refractivity (Wildman–Crippen MR) is 142 cm³/mol. The molecule has 1 aliphatic heterocycles. The van der Waals surface area contributed by atoms with Crippen LogP contribution in [0.1, 0.15) is 46.9 Å². The van der Waals surface area contributed by atoms with Crippen LogP contribution in [-0.4, -0.2) is 68.3 Å². The number of benzene rings is 2. The minimum absolute atomic E-state index is 0. The fraction of sp³-hybridized carbons (Fsp3) is 0.385. The normalized spacial score (nSPS) is 26.4. The van der Waals surface area contributed by atoms with Gasteiger partial charge in [-0.2, -0.15) is 15.0 Å². The number of nitrogens with two attached hydrogens (primary N) is 2. The largest absolute Gasteiger partial charge is 0.390 e. The predicted octanol–water partition coefficient (Wildman–Crippen LogP) is 1.71. The Morgan fingerprint density at radius 1 is 0.838 bits per heavy atom. The van der Waals surface area contributed by atoms with Gasteiger partial charge in [-0.05, 0) is 48.6 Å². The zero-order valence-electron chi connectivity index (χ0n) is 20.1. The minimum atomic E-state index is -0.808. The van der Waals surface area contributed by atoms with Gasteiger partial charge in [-0.3, -0.25) is 4.79 Å². The average Bonchev–Trinajstić information content (AvgIpc) is 3.34. The molecule has 7 N–H and O–H groups in total. The van der Waals surface area contributed by atoms with Gasteiger partial charge in [-0.15, -0.1) is 12.4 Å². The summed E-state index contributed by atoms with van der Waals surface area (Å²) < 4.78 is 0. The number of nitrogens with zero attached hydrogens (tertiary/aromatic N) is 4. The second-order valence-electron chi connectivity index (χ2n) is 10.0. The van der Waals surface area contributed by atoms with E-state index >= 15 is 0 Å². The van der Waals surface area contributed by atoms with E-state index < -0.39 is 12.2 Å². The second kappa shape index (κ2) is 9.96. The molecular formula is C26H30ClN7O3. The van der Waals surface area contributed by atoms with Crippen molar-refractivity contribution < 1.29 is 15.0 Å². The highest BCUT2D eigenvalue weighted by molar-refractivity contribution is 6.22. The molecule has 194 valence electrons. The molecule has 2 fully saturated rings. The molecule has 11 heteroatoms. The van der Waals surface area contributed by atoms with Crippen LogP contribution < -0.4 is 21.7 Å². The van der Waals surface area contributed by atoms with E-state index in [-0.39, 0.29) is 36.2 Å². The lowest BCUT2D eigenvalue weighted by Gasteiger charge is -2.34. The highest BCUT2D eigenvalue weighted by atomic mass is 35.5. The molecule has 1 saturated heterocycles. The lowest BCUT2D eigenvalue weighted by Crippen LogP contribution is -2.53. The third kappa shape index (κ3) is 4.78. The molecule has 6 rings (SSSR count). The zero-order valence-corrected chi connectivity index (χ0v) is 20.9. The molecule has 0 amide bonds.